The fraction of sp³-hybridized carbons (Fsp3) is 0.571. The van der Waals surface area contributed by atoms with Gasteiger partial charge in [0, 0.05) is 5.38 Å². The minimum absolute atomic E-state index is 0.302. The lowest BCUT2D eigenvalue weighted by atomic mass is 10.1. The minimum atomic E-state index is -0.302. The Morgan fingerprint density at radius 3 is 2.79 bits per heavy atom. The van der Waals surface area contributed by atoms with E-state index in [0.717, 1.165) is 32.1 Å². The lowest BCUT2D eigenvalue weighted by Crippen LogP contribution is -2.08. The topological polar surface area (TPSA) is 65.2 Å². The van der Waals surface area contributed by atoms with Gasteiger partial charge in [0.2, 0.25) is 0 Å². The number of esters is 1. The van der Waals surface area contributed by atoms with Crippen molar-refractivity contribution in [3.05, 3.63) is 17.2 Å². The van der Waals surface area contributed by atoms with Crippen molar-refractivity contribution in [3.8, 4) is 0 Å². The largest absolute Gasteiger partial charge is 0.462 e. The number of nitrogen functional groups attached to an aromatic ring is 1. The first-order valence-electron chi connectivity index (χ1n) is 6.77. The Bertz CT molecular complexity index is 427. The van der Waals surface area contributed by atoms with Gasteiger partial charge in [0.05, 0.1) is 17.9 Å². The molecule has 1 aromatic heterocycles. The molecule has 0 aromatic carbocycles. The predicted molar refractivity (Wildman–Crippen MR) is 79.9 cm³/mol. The summed E-state index contributed by atoms with van der Waals surface area (Å²) < 4.78 is 5.19. The Hall–Kier alpha value is -1.36. The van der Waals surface area contributed by atoms with Crippen molar-refractivity contribution in [2.24, 2.45) is 0 Å². The molecule has 1 heterocycles. The Kier molecular flexibility index (Phi) is 7.18. The zero-order valence-electron chi connectivity index (χ0n) is 11.6. The van der Waals surface area contributed by atoms with E-state index in [9.17, 15) is 4.79 Å². The number of unbranched alkanes of at least 4 members (excludes halogenated alkanes) is 3. The summed E-state index contributed by atoms with van der Waals surface area (Å²) in [5.41, 5.74) is 6.79. The second-order valence-electron chi connectivity index (χ2n) is 4.32. The maximum absolute atomic E-state index is 12.0. The number of thiazole rings is 1. The first kappa shape index (κ1) is 15.7. The van der Waals surface area contributed by atoms with Crippen LogP contribution in [-0.4, -0.2) is 17.6 Å². The summed E-state index contributed by atoms with van der Waals surface area (Å²) in [5.74, 6) is -0.302. The molecule has 0 aliphatic heterocycles. The molecule has 0 saturated carbocycles. The number of carbonyl (C=O) groups excluding carboxylic acids is 1. The number of carbonyl (C=O) groups is 1. The second kappa shape index (κ2) is 8.69. The van der Waals surface area contributed by atoms with E-state index < -0.39 is 0 Å². The van der Waals surface area contributed by atoms with E-state index in [0.29, 0.717) is 23.0 Å². The van der Waals surface area contributed by atoms with Crippen molar-refractivity contribution in [1.82, 2.24) is 4.98 Å². The average molecular weight is 282 g/mol. The minimum Gasteiger partial charge on any atom is -0.462 e. The van der Waals surface area contributed by atoms with Gasteiger partial charge in [-0.1, -0.05) is 32.8 Å². The van der Waals surface area contributed by atoms with Gasteiger partial charge in [-0.05, 0) is 19.3 Å². The zero-order chi connectivity index (χ0) is 14.1. The Labute approximate surface area is 118 Å². The molecule has 0 amide bonds. The molecule has 5 heteroatoms. The number of rotatable bonds is 8. The highest BCUT2D eigenvalue weighted by molar-refractivity contribution is 7.13. The van der Waals surface area contributed by atoms with E-state index in [-0.39, 0.29) is 5.97 Å². The summed E-state index contributed by atoms with van der Waals surface area (Å²) in [6, 6.07) is 0. The van der Waals surface area contributed by atoms with Gasteiger partial charge in [0.1, 0.15) is 0 Å². The average Bonchev–Trinajstić information content (AvgIpc) is 2.82. The molecule has 19 heavy (non-hydrogen) atoms. The van der Waals surface area contributed by atoms with E-state index in [2.05, 4.69) is 11.9 Å². The SMILES string of the molecule is CCCCC/C=C(/C(=O)OCCC)c1csc(N)n1. The predicted octanol–water partition coefficient (Wildman–Crippen LogP) is 3.64. The highest BCUT2D eigenvalue weighted by atomic mass is 32.1. The van der Waals surface area contributed by atoms with Crippen LogP contribution in [0.1, 0.15) is 51.6 Å². The van der Waals surface area contributed by atoms with Crippen molar-refractivity contribution in [3.63, 3.8) is 0 Å². The molecule has 1 rings (SSSR count). The Morgan fingerprint density at radius 2 is 2.21 bits per heavy atom. The lowest BCUT2D eigenvalue weighted by Gasteiger charge is -2.05. The quantitative estimate of drug-likeness (QED) is 0.449. The Morgan fingerprint density at radius 1 is 1.42 bits per heavy atom. The summed E-state index contributed by atoms with van der Waals surface area (Å²) in [6.07, 6.45) is 6.98. The van der Waals surface area contributed by atoms with Crippen LogP contribution in [0.15, 0.2) is 11.5 Å². The van der Waals surface area contributed by atoms with Crippen LogP contribution in [0.2, 0.25) is 0 Å². The first-order chi connectivity index (χ1) is 9.19. The third-order valence-electron chi connectivity index (χ3n) is 2.61. The highest BCUT2D eigenvalue weighted by Gasteiger charge is 2.15. The van der Waals surface area contributed by atoms with Crippen LogP contribution in [0.25, 0.3) is 5.57 Å². The molecular weight excluding hydrogens is 260 g/mol. The van der Waals surface area contributed by atoms with Crippen molar-refractivity contribution in [1.29, 1.82) is 0 Å². The third-order valence-corrected chi connectivity index (χ3v) is 3.29. The smallest absolute Gasteiger partial charge is 0.340 e. The maximum atomic E-state index is 12.0. The molecule has 0 bridgehead atoms. The number of ether oxygens (including phenoxy) is 1. The fourth-order valence-corrected chi connectivity index (χ4v) is 2.18. The monoisotopic (exact) mass is 282 g/mol. The molecule has 4 nitrogen and oxygen atoms in total. The molecule has 0 atom stereocenters. The van der Waals surface area contributed by atoms with E-state index in [1.807, 2.05) is 13.0 Å². The molecule has 0 saturated heterocycles. The summed E-state index contributed by atoms with van der Waals surface area (Å²) in [6.45, 7) is 4.56. The van der Waals surface area contributed by atoms with Gasteiger partial charge in [-0.3, -0.25) is 0 Å². The molecule has 0 spiro atoms. The van der Waals surface area contributed by atoms with Gasteiger partial charge in [-0.2, -0.15) is 0 Å². The van der Waals surface area contributed by atoms with Crippen molar-refractivity contribution in [2.45, 2.75) is 46.0 Å². The van der Waals surface area contributed by atoms with Gasteiger partial charge in [0.15, 0.2) is 5.13 Å². The lowest BCUT2D eigenvalue weighted by molar-refractivity contribution is -0.136. The molecule has 106 valence electrons. The van der Waals surface area contributed by atoms with Crippen molar-refractivity contribution in [2.75, 3.05) is 12.3 Å². The molecule has 2 N–H and O–H groups in total. The molecule has 0 aliphatic rings. The number of anilines is 1. The molecular formula is C14H22N2O2S. The van der Waals surface area contributed by atoms with Crippen LogP contribution in [0, 0.1) is 0 Å². The number of nitrogens with two attached hydrogens (primary N) is 1. The third kappa shape index (κ3) is 5.42. The number of aromatic nitrogens is 1. The fourth-order valence-electron chi connectivity index (χ4n) is 1.62. The first-order valence-corrected chi connectivity index (χ1v) is 7.65. The van der Waals surface area contributed by atoms with Crippen LogP contribution in [0.3, 0.4) is 0 Å². The van der Waals surface area contributed by atoms with E-state index in [1.54, 1.807) is 5.38 Å². The summed E-state index contributed by atoms with van der Waals surface area (Å²) >= 11 is 1.34. The number of hydrogen-bond acceptors (Lipinski definition) is 5. The summed E-state index contributed by atoms with van der Waals surface area (Å²) in [4.78, 5) is 16.2. The normalized spacial score (nSPS) is 11.6. The molecule has 0 fully saturated rings. The van der Waals surface area contributed by atoms with Crippen LogP contribution < -0.4 is 5.73 Å². The zero-order valence-corrected chi connectivity index (χ0v) is 12.5. The van der Waals surface area contributed by atoms with Crippen LogP contribution in [-0.2, 0) is 9.53 Å². The van der Waals surface area contributed by atoms with Gasteiger partial charge >= 0.3 is 5.97 Å². The van der Waals surface area contributed by atoms with Crippen LogP contribution in [0.4, 0.5) is 5.13 Å². The van der Waals surface area contributed by atoms with Crippen molar-refractivity contribution >= 4 is 28.0 Å². The number of hydrogen-bond donors (Lipinski definition) is 1. The summed E-state index contributed by atoms with van der Waals surface area (Å²) in [5, 5.41) is 2.27. The van der Waals surface area contributed by atoms with Gasteiger partial charge < -0.3 is 10.5 Å². The van der Waals surface area contributed by atoms with Crippen LogP contribution in [0.5, 0.6) is 0 Å². The van der Waals surface area contributed by atoms with Gasteiger partial charge in [-0.15, -0.1) is 11.3 Å². The molecule has 0 aliphatic carbocycles. The summed E-state index contributed by atoms with van der Waals surface area (Å²) in [7, 11) is 0. The molecule has 0 radical (unpaired) electrons. The van der Waals surface area contributed by atoms with E-state index >= 15 is 0 Å². The molecule has 1 aromatic rings. The van der Waals surface area contributed by atoms with Gasteiger partial charge in [-0.25, -0.2) is 9.78 Å². The van der Waals surface area contributed by atoms with E-state index in [4.69, 9.17) is 10.5 Å². The van der Waals surface area contributed by atoms with Gasteiger partial charge in [0.25, 0.3) is 0 Å². The highest BCUT2D eigenvalue weighted by Crippen LogP contribution is 2.21. The van der Waals surface area contributed by atoms with Crippen molar-refractivity contribution < 1.29 is 9.53 Å². The standard InChI is InChI=1S/C14H22N2O2S/c1-3-5-6-7-8-11(13(17)18-9-4-2)12-10-19-14(15)16-12/h8,10H,3-7,9H2,1-2H3,(H2,15,16)/b11-8+. The number of nitrogens with zero attached hydrogens (tertiary/aromatic N) is 1. The second-order valence-corrected chi connectivity index (χ2v) is 5.21. The molecule has 0 unspecified atom stereocenters. The van der Waals surface area contributed by atoms with Crippen LogP contribution >= 0.6 is 11.3 Å². The maximum Gasteiger partial charge on any atom is 0.340 e. The number of allylic oxidation sites excluding steroid dienone is 1. The van der Waals surface area contributed by atoms with E-state index in [1.165, 1.54) is 11.3 Å². The Balaban J connectivity index is 2.75.